The molecule has 0 radical (unpaired) electrons. The van der Waals surface area contributed by atoms with Gasteiger partial charge in [0.25, 0.3) is 0 Å². The number of nitrogens with zero attached hydrogens (tertiary/aromatic N) is 2. The molecule has 0 fully saturated rings. The number of aryl methyl sites for hydroxylation is 1. The molecule has 5 nitrogen and oxygen atoms in total. The Bertz CT molecular complexity index is 526. The van der Waals surface area contributed by atoms with Gasteiger partial charge in [0, 0.05) is 12.2 Å². The molecule has 5 heteroatoms. The van der Waals surface area contributed by atoms with E-state index in [9.17, 15) is 4.79 Å². The third-order valence-corrected chi connectivity index (χ3v) is 3.74. The highest BCUT2D eigenvalue weighted by atomic mass is 16.4. The van der Waals surface area contributed by atoms with Crippen molar-refractivity contribution in [3.63, 3.8) is 0 Å². The number of fused-ring (bicyclic) bond motifs is 1. The molecule has 2 rings (SSSR count). The van der Waals surface area contributed by atoms with Crippen LogP contribution in [0.5, 0.6) is 0 Å². The molecule has 0 aliphatic carbocycles. The summed E-state index contributed by atoms with van der Waals surface area (Å²) in [7, 11) is 0. The van der Waals surface area contributed by atoms with Gasteiger partial charge in [-0.1, -0.05) is 37.2 Å². The number of amidine groups is 1. The van der Waals surface area contributed by atoms with Gasteiger partial charge in [0.15, 0.2) is 5.84 Å². The molecule has 1 aromatic carbocycles. The number of benzene rings is 1. The summed E-state index contributed by atoms with van der Waals surface area (Å²) in [5.74, 6) is -0.728. The zero-order valence-electron chi connectivity index (χ0n) is 11.9. The average Bonchev–Trinajstić information content (AvgIpc) is 2.46. The molecule has 108 valence electrons. The highest BCUT2D eigenvalue weighted by molar-refractivity contribution is 6.09. The highest BCUT2D eigenvalue weighted by Crippen LogP contribution is 2.29. The maximum absolute atomic E-state index is 12.8. The van der Waals surface area contributed by atoms with Gasteiger partial charge in [0.2, 0.25) is 5.91 Å². The summed E-state index contributed by atoms with van der Waals surface area (Å²) in [5, 5.41) is 11.9. The number of nitrogens with two attached hydrogens (primary N) is 1. The number of oxime groups is 1. The normalized spacial score (nSPS) is 16.9. The number of hydrogen-bond acceptors (Lipinski definition) is 3. The smallest absolute Gasteiger partial charge is 0.238 e. The number of amides is 1. The minimum absolute atomic E-state index is 0.0203. The second kappa shape index (κ2) is 5.94. The van der Waals surface area contributed by atoms with Crippen molar-refractivity contribution in [2.45, 2.75) is 26.7 Å². The quantitative estimate of drug-likeness (QED) is 0.383. The largest absolute Gasteiger partial charge is 0.409 e. The number of carbonyl (C=O) groups is 1. The minimum Gasteiger partial charge on any atom is -0.409 e. The van der Waals surface area contributed by atoms with Crippen LogP contribution in [0.15, 0.2) is 29.4 Å². The summed E-state index contributed by atoms with van der Waals surface area (Å²) in [6, 6.07) is 7.91. The number of anilines is 1. The van der Waals surface area contributed by atoms with Crippen molar-refractivity contribution in [2.75, 3.05) is 11.4 Å². The first-order valence-electron chi connectivity index (χ1n) is 6.93. The molecule has 1 amide bonds. The summed E-state index contributed by atoms with van der Waals surface area (Å²) in [5.41, 5.74) is 7.82. The van der Waals surface area contributed by atoms with Crippen LogP contribution < -0.4 is 10.6 Å². The zero-order valence-corrected chi connectivity index (χ0v) is 11.9. The SMILES string of the molecule is CC(C)C(C(=O)N1CCCc2ccccc21)C(N)=NO. The van der Waals surface area contributed by atoms with Crippen molar-refractivity contribution in [3.8, 4) is 0 Å². The van der Waals surface area contributed by atoms with Gasteiger partial charge >= 0.3 is 0 Å². The van der Waals surface area contributed by atoms with Gasteiger partial charge in [0.05, 0.1) is 0 Å². The monoisotopic (exact) mass is 275 g/mol. The molecule has 0 aromatic heterocycles. The molecule has 1 unspecified atom stereocenters. The zero-order chi connectivity index (χ0) is 14.7. The van der Waals surface area contributed by atoms with E-state index in [1.807, 2.05) is 38.1 Å². The average molecular weight is 275 g/mol. The molecule has 1 atom stereocenters. The first-order chi connectivity index (χ1) is 9.56. The van der Waals surface area contributed by atoms with Crippen LogP contribution in [-0.4, -0.2) is 23.5 Å². The topological polar surface area (TPSA) is 78.9 Å². The molecular weight excluding hydrogens is 254 g/mol. The van der Waals surface area contributed by atoms with Crippen LogP contribution in [0.2, 0.25) is 0 Å². The Morgan fingerprint density at radius 2 is 2.10 bits per heavy atom. The van der Waals surface area contributed by atoms with E-state index >= 15 is 0 Å². The number of carbonyl (C=O) groups excluding carboxylic acids is 1. The number of para-hydroxylation sites is 1. The van der Waals surface area contributed by atoms with Crippen molar-refractivity contribution >= 4 is 17.4 Å². The molecule has 1 aromatic rings. The van der Waals surface area contributed by atoms with Crippen molar-refractivity contribution in [1.29, 1.82) is 0 Å². The van der Waals surface area contributed by atoms with Crippen molar-refractivity contribution in [2.24, 2.45) is 22.7 Å². The summed E-state index contributed by atoms with van der Waals surface area (Å²) in [4.78, 5) is 14.5. The fraction of sp³-hybridized carbons (Fsp3) is 0.467. The lowest BCUT2D eigenvalue weighted by atomic mass is 9.91. The van der Waals surface area contributed by atoms with Crippen molar-refractivity contribution < 1.29 is 10.0 Å². The number of rotatable bonds is 3. The van der Waals surface area contributed by atoms with E-state index < -0.39 is 5.92 Å². The van der Waals surface area contributed by atoms with Gasteiger partial charge in [-0.25, -0.2) is 0 Å². The van der Waals surface area contributed by atoms with Crippen LogP contribution in [0.1, 0.15) is 25.8 Å². The van der Waals surface area contributed by atoms with Gasteiger partial charge < -0.3 is 15.8 Å². The van der Waals surface area contributed by atoms with E-state index in [-0.39, 0.29) is 17.7 Å². The van der Waals surface area contributed by atoms with Gasteiger partial charge in [-0.15, -0.1) is 0 Å². The molecule has 1 aliphatic heterocycles. The van der Waals surface area contributed by atoms with Gasteiger partial charge in [-0.2, -0.15) is 0 Å². The maximum atomic E-state index is 12.8. The first kappa shape index (κ1) is 14.4. The van der Waals surface area contributed by atoms with Crippen LogP contribution in [0, 0.1) is 11.8 Å². The lowest BCUT2D eigenvalue weighted by Crippen LogP contribution is -2.46. The first-order valence-corrected chi connectivity index (χ1v) is 6.93. The molecule has 20 heavy (non-hydrogen) atoms. The van der Waals surface area contributed by atoms with Crippen molar-refractivity contribution in [3.05, 3.63) is 29.8 Å². The molecule has 1 heterocycles. The highest BCUT2D eigenvalue weighted by Gasteiger charge is 2.33. The van der Waals surface area contributed by atoms with Crippen LogP contribution in [0.25, 0.3) is 0 Å². The predicted octanol–water partition coefficient (Wildman–Crippen LogP) is 1.98. The summed E-state index contributed by atoms with van der Waals surface area (Å²) < 4.78 is 0. The second-order valence-corrected chi connectivity index (χ2v) is 5.47. The van der Waals surface area contributed by atoms with Gasteiger partial charge in [-0.05, 0) is 30.4 Å². The summed E-state index contributed by atoms with van der Waals surface area (Å²) >= 11 is 0. The molecule has 0 spiro atoms. The van der Waals surface area contributed by atoms with E-state index in [4.69, 9.17) is 10.9 Å². The third kappa shape index (κ3) is 2.61. The summed E-state index contributed by atoms with van der Waals surface area (Å²) in [6.45, 7) is 4.48. The Morgan fingerprint density at radius 3 is 2.75 bits per heavy atom. The molecule has 0 bridgehead atoms. The van der Waals surface area contributed by atoms with Crippen LogP contribution in [-0.2, 0) is 11.2 Å². The predicted molar refractivity (Wildman–Crippen MR) is 78.9 cm³/mol. The van der Waals surface area contributed by atoms with E-state index in [2.05, 4.69) is 5.16 Å². The Labute approximate surface area is 119 Å². The molecule has 3 N–H and O–H groups in total. The van der Waals surface area contributed by atoms with Crippen molar-refractivity contribution in [1.82, 2.24) is 0 Å². The molecule has 0 saturated carbocycles. The van der Waals surface area contributed by atoms with Crippen LogP contribution in [0.4, 0.5) is 5.69 Å². The minimum atomic E-state index is -0.592. The van der Waals surface area contributed by atoms with Gasteiger partial charge in [-0.3, -0.25) is 4.79 Å². The third-order valence-electron chi connectivity index (χ3n) is 3.74. The molecule has 1 aliphatic rings. The Kier molecular flexibility index (Phi) is 4.27. The number of hydrogen-bond donors (Lipinski definition) is 2. The fourth-order valence-electron chi connectivity index (χ4n) is 2.75. The van der Waals surface area contributed by atoms with Crippen LogP contribution >= 0.6 is 0 Å². The maximum Gasteiger partial charge on any atom is 0.238 e. The van der Waals surface area contributed by atoms with E-state index in [0.717, 1.165) is 18.5 Å². The van der Waals surface area contributed by atoms with Gasteiger partial charge in [0.1, 0.15) is 5.92 Å². The van der Waals surface area contributed by atoms with Crippen LogP contribution in [0.3, 0.4) is 0 Å². The van der Waals surface area contributed by atoms with E-state index in [1.165, 1.54) is 5.56 Å². The Hall–Kier alpha value is -2.04. The lowest BCUT2D eigenvalue weighted by Gasteiger charge is -2.33. The van der Waals surface area contributed by atoms with E-state index in [0.29, 0.717) is 6.54 Å². The van der Waals surface area contributed by atoms with E-state index in [1.54, 1.807) is 4.90 Å². The second-order valence-electron chi connectivity index (χ2n) is 5.47. The standard InChI is InChI=1S/C15H21N3O2/c1-10(2)13(14(16)17-20)15(19)18-9-5-7-11-6-3-4-8-12(11)18/h3-4,6,8,10,13,20H,5,7,9H2,1-2H3,(H2,16,17). The Morgan fingerprint density at radius 1 is 1.40 bits per heavy atom. The lowest BCUT2D eigenvalue weighted by molar-refractivity contribution is -0.121. The molecule has 0 saturated heterocycles. The summed E-state index contributed by atoms with van der Waals surface area (Å²) in [6.07, 6.45) is 1.92. The fourth-order valence-corrected chi connectivity index (χ4v) is 2.75. The molecular formula is C15H21N3O2. The Balaban J connectivity index is 2.34.